The van der Waals surface area contributed by atoms with E-state index in [1.807, 2.05) is 0 Å². The summed E-state index contributed by atoms with van der Waals surface area (Å²) in [5.74, 6) is -9.50. The number of hydrogen-bond acceptors (Lipinski definition) is 31. The average Bonchev–Trinajstić information content (AvgIpc) is 1.55. The van der Waals surface area contributed by atoms with Gasteiger partial charge in [0.1, 0.15) is 120 Å². The molecular weight excluding hydrogens is 1460 g/mol. The molecule has 1 saturated heterocycles. The molecule has 5 amide bonds. The van der Waals surface area contributed by atoms with E-state index in [1.54, 1.807) is 50.4 Å². The summed E-state index contributed by atoms with van der Waals surface area (Å²) in [4.78, 5) is 141. The summed E-state index contributed by atoms with van der Waals surface area (Å²) in [6.07, 6.45) is -12.6. The molecule has 0 unspecified atom stereocenters. The average molecular weight is 1530 g/mol. The lowest BCUT2D eigenvalue weighted by molar-refractivity contribution is -0.280. The number of carbonyl (C=O) groups excluding carboxylic acids is 7. The van der Waals surface area contributed by atoms with Crippen LogP contribution in [0.4, 0.5) is 13.2 Å². The van der Waals surface area contributed by atoms with Crippen LogP contribution in [0.1, 0.15) is 125 Å². The summed E-state index contributed by atoms with van der Waals surface area (Å²) >= 11 is 4.67. The predicted octanol–water partition coefficient (Wildman–Crippen LogP) is 4.48. The van der Waals surface area contributed by atoms with E-state index in [0.29, 0.717) is 10.3 Å². The maximum absolute atomic E-state index is 15.2. The maximum Gasteiger partial charge on any atom is 0.490 e. The number of benzene rings is 1. The number of carboxylic acid groups (broad SMARTS) is 1. The van der Waals surface area contributed by atoms with Gasteiger partial charge >= 0.3 is 24.1 Å². The highest BCUT2D eigenvalue weighted by Gasteiger charge is 2.50. The molecule has 1 aromatic carbocycles. The Kier molecular flexibility index (Phi) is 22.0. The number of amides is 5. The number of pyridine rings is 1. The van der Waals surface area contributed by atoms with Crippen LogP contribution in [0.25, 0.3) is 49.3 Å². The van der Waals surface area contributed by atoms with Crippen molar-refractivity contribution < 1.29 is 106 Å². The van der Waals surface area contributed by atoms with E-state index < -0.39 is 145 Å². The standard InChI is InChI=1S/C60H62N14O17S5.C2HF3O2/c1-23(75)39-52(81)71-40(24(2)86-7)55-67-34(22-94-55)51(80)72-43-45-46(91-37-14-60(4,84)47(73(5)6)25(3)90-37)59(83)88-15-26-9-8-10-35-38(26)28(16-87-45)44(74(35)85)58(82)89-17-29(63-49(78)32-21-96-57(43)68-32)54-64-30(18-93-54)41-27(53-65-33(20-92-53)50(79)70-39)13-36(76)42(69-41)56-66-31(19-95-56)48(77)62-12-11-61;3-2(4,5)1(6)7/h8-10,13,18-23,25,29,37,39,43,45-47,75-76,84-85H,11-12,14-17,61H2,1-7H3,(H,62,77)(H,63,78)(H,70,79)(H,71,81)(H,72,80);(H,6,7)/b40-24+;/t23-,25+,29+,37+,39+,43+,45+,46+,47-,60+;/m1./s1. The van der Waals surface area contributed by atoms with Gasteiger partial charge in [-0.3, -0.25) is 24.0 Å². The minimum atomic E-state index is -5.08. The summed E-state index contributed by atoms with van der Waals surface area (Å²) < 4.78 is 70.0. The Labute approximate surface area is 599 Å². The number of esters is 2. The van der Waals surface area contributed by atoms with Gasteiger partial charge < -0.3 is 91.3 Å². The fourth-order valence-corrected chi connectivity index (χ4v) is 15.9. The molecule has 33 nitrogen and oxygen atoms in total. The molecule has 4 aliphatic rings. The van der Waals surface area contributed by atoms with Gasteiger partial charge in [-0.25, -0.2) is 44.3 Å². The van der Waals surface area contributed by atoms with Gasteiger partial charge in [0.05, 0.1) is 43.1 Å². The number of nitrogens with zero attached hydrogens (tertiary/aromatic N) is 8. The highest BCUT2D eigenvalue weighted by molar-refractivity contribution is 7.14. The number of methoxy groups -OCH3 is 1. The quantitative estimate of drug-likeness (QED) is 0.0539. The molecule has 103 heavy (non-hydrogen) atoms. The number of nitrogens with two attached hydrogens (primary N) is 1. The normalized spacial score (nSPS) is 23.5. The van der Waals surface area contributed by atoms with Crippen molar-refractivity contribution in [1.29, 1.82) is 0 Å². The fourth-order valence-electron chi connectivity index (χ4n) is 11.7. The van der Waals surface area contributed by atoms with Crippen LogP contribution >= 0.6 is 56.7 Å². The molecule has 0 saturated carbocycles. The number of hydrogen-bond donors (Lipinski definition) is 11. The molecule has 0 aliphatic carbocycles. The third kappa shape index (κ3) is 15.7. The smallest absolute Gasteiger partial charge is 0.490 e. The van der Waals surface area contributed by atoms with Crippen molar-refractivity contribution in [2.75, 3.05) is 40.9 Å². The molecule has 0 radical (unpaired) electrons. The van der Waals surface area contributed by atoms with Gasteiger partial charge in [-0.1, -0.05) is 12.1 Å². The number of carbonyl (C=O) groups is 8. The van der Waals surface area contributed by atoms with Gasteiger partial charge in [0.25, 0.3) is 23.6 Å². The summed E-state index contributed by atoms with van der Waals surface area (Å²) in [6, 6.07) is 0.809. The lowest BCUT2D eigenvalue weighted by Gasteiger charge is -2.48. The van der Waals surface area contributed by atoms with E-state index in [2.05, 4.69) is 41.5 Å². The van der Waals surface area contributed by atoms with Crippen molar-refractivity contribution in [2.45, 2.75) is 114 Å². The zero-order chi connectivity index (χ0) is 74.3. The number of cyclic esters (lactones) is 2. The fraction of sp³-hybridized carbons (Fsp3) is 0.387. The van der Waals surface area contributed by atoms with E-state index in [4.69, 9.17) is 59.0 Å². The molecule has 10 atom stereocenters. The van der Waals surface area contributed by atoms with Crippen molar-refractivity contribution in [3.05, 3.63) is 112 Å². The number of halogens is 3. The van der Waals surface area contributed by atoms with E-state index in [-0.39, 0.29) is 118 Å². The molecule has 546 valence electrons. The number of alkyl halides is 3. The van der Waals surface area contributed by atoms with Gasteiger partial charge in [-0.2, -0.15) is 17.9 Å². The van der Waals surface area contributed by atoms with Gasteiger partial charge in [0.15, 0.2) is 18.1 Å². The molecule has 1 fully saturated rings. The zero-order valence-electron chi connectivity index (χ0n) is 54.9. The number of aromatic nitrogens is 7. The maximum atomic E-state index is 15.2. The van der Waals surface area contributed by atoms with Gasteiger partial charge in [0.2, 0.25) is 5.91 Å². The number of aliphatic hydroxyl groups excluding tert-OH is 1. The Hall–Kier alpha value is -9.53. The van der Waals surface area contributed by atoms with Gasteiger partial charge in [0, 0.05) is 62.9 Å². The minimum absolute atomic E-state index is 0.00484. The van der Waals surface area contributed by atoms with Gasteiger partial charge in [-0.05, 0) is 59.5 Å². The number of thiazole rings is 5. The summed E-state index contributed by atoms with van der Waals surface area (Å²) in [5.41, 5.74) is 3.38. The Bertz CT molecular complexity index is 4660. The topological polar surface area (TPSA) is 465 Å². The summed E-state index contributed by atoms with van der Waals surface area (Å²) in [6.45, 7) is 4.66. The molecule has 41 heteroatoms. The first-order valence-corrected chi connectivity index (χ1v) is 35.2. The molecule has 11 heterocycles. The number of carboxylic acids is 1. The van der Waals surface area contributed by atoms with Crippen LogP contribution in [-0.4, -0.2) is 208 Å². The summed E-state index contributed by atoms with van der Waals surface area (Å²) in [7, 11) is 4.86. The minimum Gasteiger partial charge on any atom is -0.506 e. The first kappa shape index (κ1) is 74.7. The highest BCUT2D eigenvalue weighted by atomic mass is 32.1. The molecule has 4 aliphatic heterocycles. The molecule has 0 spiro atoms. The van der Waals surface area contributed by atoms with Gasteiger partial charge in [-0.15, -0.1) is 56.7 Å². The number of rotatable bonds is 9. The molecule has 12 rings (SSSR count). The number of allylic oxidation sites excluding steroid dienone is 1. The predicted molar refractivity (Wildman–Crippen MR) is 359 cm³/mol. The number of likely N-dealkylation sites (N-methyl/N-ethyl adjacent to an activating group) is 1. The van der Waals surface area contributed by atoms with E-state index in [9.17, 15) is 52.9 Å². The Morgan fingerprint density at radius 3 is 2.18 bits per heavy atom. The lowest BCUT2D eigenvalue weighted by Crippen LogP contribution is -2.62. The van der Waals surface area contributed by atoms with E-state index in [1.165, 1.54) is 54.6 Å². The second-order valence-electron chi connectivity index (χ2n) is 23.9. The summed E-state index contributed by atoms with van der Waals surface area (Å²) in [5, 5.41) is 75.4. The van der Waals surface area contributed by atoms with E-state index in [0.717, 1.165) is 56.7 Å². The second-order valence-corrected chi connectivity index (χ2v) is 28.2. The van der Waals surface area contributed by atoms with Crippen molar-refractivity contribution >= 4 is 121 Å². The number of aliphatic carboxylic acids is 1. The van der Waals surface area contributed by atoms with Crippen molar-refractivity contribution in [1.82, 2.24) is 66.1 Å². The number of fused-ring (bicyclic) bond motifs is 15. The third-order valence-corrected chi connectivity index (χ3v) is 20.9. The van der Waals surface area contributed by atoms with Crippen LogP contribution < -0.4 is 32.3 Å². The molecule has 12 bridgehead atoms. The number of aromatic hydroxyl groups is 1. The van der Waals surface area contributed by atoms with Crippen LogP contribution in [0.5, 0.6) is 5.75 Å². The number of nitrogens with one attached hydrogen (secondary N) is 5. The van der Waals surface area contributed by atoms with Crippen molar-refractivity contribution in [2.24, 2.45) is 5.73 Å². The monoisotopic (exact) mass is 1520 g/mol. The first-order chi connectivity index (χ1) is 48.8. The number of aliphatic hydroxyl groups is 2. The van der Waals surface area contributed by atoms with Crippen LogP contribution in [0.2, 0.25) is 0 Å². The van der Waals surface area contributed by atoms with Crippen LogP contribution in [0.15, 0.2) is 56.9 Å². The SMILES string of the molecule is CO/C(C)=C1/NC(=O)[C@H]([C@@H](C)O)NC(=O)c2csc(n2)-c2cc(O)c(-c3nc(C(=O)NCCN)cs3)nc2-c2csc(n2)[C@@H]2COC(=O)c3c4c5c(cccc5n3O)COC(=O)[C@@H](O[C@H]3C[C@](C)(O)[C@H](N(C)C)[C@H](C)O3)[C@@H](OC4)[C@H](NC(=O)c3csc1n3)c1nc(cs1)C(=O)N2.O=C(O)C(F)(F)F. The van der Waals surface area contributed by atoms with Crippen molar-refractivity contribution in [3.63, 3.8) is 0 Å². The number of ether oxygens (including phenoxy) is 6. The Morgan fingerprint density at radius 2 is 1.50 bits per heavy atom. The molecule has 8 aromatic rings. The van der Waals surface area contributed by atoms with E-state index >= 15 is 14.4 Å². The third-order valence-electron chi connectivity index (χ3n) is 16.4. The molecule has 12 N–H and O–H groups in total. The second kappa shape index (κ2) is 30.4. The largest absolute Gasteiger partial charge is 0.506 e. The van der Waals surface area contributed by atoms with Crippen LogP contribution in [0.3, 0.4) is 0 Å². The Morgan fingerprint density at radius 1 is 0.864 bits per heavy atom. The lowest BCUT2D eigenvalue weighted by atomic mass is 9.85. The van der Waals surface area contributed by atoms with Crippen LogP contribution in [0, 0.1) is 0 Å². The first-order valence-electron chi connectivity index (χ1n) is 30.8. The highest BCUT2D eigenvalue weighted by Crippen LogP contribution is 2.43. The van der Waals surface area contributed by atoms with Crippen molar-refractivity contribution in [3.8, 4) is 38.4 Å². The zero-order valence-corrected chi connectivity index (χ0v) is 59.0. The van der Waals surface area contributed by atoms with Crippen LogP contribution in [-0.2, 0) is 56.0 Å². The molecule has 7 aromatic heterocycles. The Balaban J connectivity index is 0.00000145. The molecular formula is C62H63F3N14O19S5.